The highest BCUT2D eigenvalue weighted by Gasteiger charge is 1.98. The third-order valence-electron chi connectivity index (χ3n) is 1.08. The minimum Gasteiger partial charge on any atom is -0.330 e. The second-order valence-corrected chi connectivity index (χ2v) is 2.58. The molecule has 0 rings (SSSR count). The van der Waals surface area contributed by atoms with Crippen LogP contribution in [-0.2, 0) is 0 Å². The Kier molecular flexibility index (Phi) is 5.56. The van der Waals surface area contributed by atoms with Gasteiger partial charge in [-0.1, -0.05) is 13.3 Å². The van der Waals surface area contributed by atoms with E-state index in [1.54, 1.807) is 0 Å². The molecule has 0 amide bonds. The molecule has 1 nitrogen and oxygen atoms in total. The van der Waals surface area contributed by atoms with Crippen LogP contribution >= 0.6 is 11.6 Å². The summed E-state index contributed by atoms with van der Waals surface area (Å²) in [6, 6.07) is 0. The highest BCUT2D eigenvalue weighted by Crippen LogP contribution is 2.07. The lowest BCUT2D eigenvalue weighted by molar-refractivity contribution is 0.683. The first-order chi connectivity index (χ1) is 3.81. The molecule has 0 bridgehead atoms. The maximum atomic E-state index is 5.80. The Balaban J connectivity index is 2.92. The van der Waals surface area contributed by atoms with Crippen LogP contribution in [0.2, 0.25) is 0 Å². The van der Waals surface area contributed by atoms with Crippen LogP contribution in [0.15, 0.2) is 0 Å². The van der Waals surface area contributed by atoms with Gasteiger partial charge in [0, 0.05) is 5.38 Å². The zero-order valence-electron chi connectivity index (χ0n) is 5.36. The van der Waals surface area contributed by atoms with Crippen molar-refractivity contribution >= 4 is 11.6 Å². The van der Waals surface area contributed by atoms with Crippen LogP contribution in [0.4, 0.5) is 0 Å². The Labute approximate surface area is 56.2 Å². The molecular weight excluding hydrogens is 122 g/mol. The molecule has 0 aliphatic rings. The molecule has 0 aromatic rings. The van der Waals surface area contributed by atoms with Gasteiger partial charge in [-0.15, -0.1) is 11.6 Å². The first kappa shape index (κ1) is 8.25. The monoisotopic (exact) mass is 135 g/mol. The first-order valence-electron chi connectivity index (χ1n) is 3.15. The van der Waals surface area contributed by atoms with E-state index in [4.69, 9.17) is 17.3 Å². The molecule has 2 heteroatoms. The van der Waals surface area contributed by atoms with Crippen molar-refractivity contribution in [2.45, 2.75) is 31.6 Å². The van der Waals surface area contributed by atoms with Crippen LogP contribution in [0, 0.1) is 0 Å². The van der Waals surface area contributed by atoms with E-state index < -0.39 is 0 Å². The lowest BCUT2D eigenvalue weighted by Gasteiger charge is -2.02. The number of rotatable bonds is 4. The van der Waals surface area contributed by atoms with E-state index in [1.807, 2.05) is 0 Å². The van der Waals surface area contributed by atoms with Crippen molar-refractivity contribution in [2.24, 2.45) is 5.73 Å². The summed E-state index contributed by atoms with van der Waals surface area (Å²) in [4.78, 5) is 0. The molecule has 0 aromatic heterocycles. The quantitative estimate of drug-likeness (QED) is 0.584. The van der Waals surface area contributed by atoms with Gasteiger partial charge in [0.05, 0.1) is 0 Å². The number of hydrogen-bond donors (Lipinski definition) is 1. The van der Waals surface area contributed by atoms with Crippen LogP contribution in [-0.4, -0.2) is 11.9 Å². The highest BCUT2D eigenvalue weighted by molar-refractivity contribution is 6.20. The minimum atomic E-state index is 0.310. The molecule has 0 saturated heterocycles. The molecule has 0 heterocycles. The summed E-state index contributed by atoms with van der Waals surface area (Å²) in [6.45, 7) is 2.85. The predicted molar refractivity (Wildman–Crippen MR) is 38.2 cm³/mol. The van der Waals surface area contributed by atoms with Gasteiger partial charge in [0.2, 0.25) is 0 Å². The highest BCUT2D eigenvalue weighted by atomic mass is 35.5. The number of nitrogens with two attached hydrogens (primary N) is 1. The average molecular weight is 136 g/mol. The molecule has 1 atom stereocenters. The number of alkyl halides is 1. The smallest absolute Gasteiger partial charge is 0.0348 e. The predicted octanol–water partition coefficient (Wildman–Crippen LogP) is 1.74. The van der Waals surface area contributed by atoms with Crippen LogP contribution in [0.25, 0.3) is 0 Å². The largest absolute Gasteiger partial charge is 0.330 e. The molecule has 0 fully saturated rings. The Hall–Kier alpha value is 0.250. The van der Waals surface area contributed by atoms with Crippen LogP contribution < -0.4 is 5.73 Å². The third kappa shape index (κ3) is 4.41. The molecule has 2 N–H and O–H groups in total. The molecule has 0 radical (unpaired) electrons. The lowest BCUT2D eigenvalue weighted by atomic mass is 10.2. The molecule has 50 valence electrons. The molecule has 0 aliphatic heterocycles. The topological polar surface area (TPSA) is 26.0 Å². The van der Waals surface area contributed by atoms with E-state index in [0.29, 0.717) is 11.9 Å². The summed E-state index contributed by atoms with van der Waals surface area (Å²) < 4.78 is 0. The van der Waals surface area contributed by atoms with Gasteiger partial charge in [-0.25, -0.2) is 0 Å². The minimum absolute atomic E-state index is 0.310. The van der Waals surface area contributed by atoms with Gasteiger partial charge in [-0.2, -0.15) is 0 Å². The SMILES string of the molecule is CCCC(Cl)CCN. The first-order valence-corrected chi connectivity index (χ1v) is 3.59. The summed E-state index contributed by atoms with van der Waals surface area (Å²) in [6.07, 6.45) is 3.21. The van der Waals surface area contributed by atoms with E-state index in [0.717, 1.165) is 19.3 Å². The molecule has 0 aromatic carbocycles. The molecule has 8 heavy (non-hydrogen) atoms. The second kappa shape index (κ2) is 5.39. The van der Waals surface area contributed by atoms with Crippen molar-refractivity contribution in [1.29, 1.82) is 0 Å². The average Bonchev–Trinajstić information content (AvgIpc) is 1.68. The molecule has 1 unspecified atom stereocenters. The lowest BCUT2D eigenvalue weighted by Crippen LogP contribution is -2.07. The fourth-order valence-electron chi connectivity index (χ4n) is 0.638. The van der Waals surface area contributed by atoms with Crippen molar-refractivity contribution in [1.82, 2.24) is 0 Å². The maximum absolute atomic E-state index is 5.80. The summed E-state index contributed by atoms with van der Waals surface area (Å²) in [5.74, 6) is 0. The van der Waals surface area contributed by atoms with Crippen molar-refractivity contribution in [2.75, 3.05) is 6.54 Å². The van der Waals surface area contributed by atoms with E-state index >= 15 is 0 Å². The van der Waals surface area contributed by atoms with E-state index in [2.05, 4.69) is 6.92 Å². The van der Waals surface area contributed by atoms with E-state index in [-0.39, 0.29) is 0 Å². The Morgan fingerprint density at radius 2 is 2.12 bits per heavy atom. The van der Waals surface area contributed by atoms with Crippen LogP contribution in [0.1, 0.15) is 26.2 Å². The van der Waals surface area contributed by atoms with Gasteiger partial charge in [0.25, 0.3) is 0 Å². The van der Waals surface area contributed by atoms with Gasteiger partial charge >= 0.3 is 0 Å². The van der Waals surface area contributed by atoms with E-state index in [1.165, 1.54) is 0 Å². The number of halogens is 1. The molecule has 0 aliphatic carbocycles. The van der Waals surface area contributed by atoms with Gasteiger partial charge in [0.15, 0.2) is 0 Å². The summed E-state index contributed by atoms with van der Waals surface area (Å²) in [5, 5.41) is 0.310. The molecule has 0 saturated carbocycles. The number of hydrogen-bond acceptors (Lipinski definition) is 1. The zero-order chi connectivity index (χ0) is 6.41. The molecule has 0 spiro atoms. The van der Waals surface area contributed by atoms with Gasteiger partial charge < -0.3 is 5.73 Å². The zero-order valence-corrected chi connectivity index (χ0v) is 6.12. The van der Waals surface area contributed by atoms with Crippen LogP contribution in [0.3, 0.4) is 0 Å². The Morgan fingerprint density at radius 1 is 1.50 bits per heavy atom. The van der Waals surface area contributed by atoms with Gasteiger partial charge in [-0.05, 0) is 19.4 Å². The van der Waals surface area contributed by atoms with Crippen LogP contribution in [0.5, 0.6) is 0 Å². The maximum Gasteiger partial charge on any atom is 0.0348 e. The second-order valence-electron chi connectivity index (χ2n) is 1.96. The Bertz CT molecular complexity index is 41.8. The Morgan fingerprint density at radius 3 is 2.50 bits per heavy atom. The molecular formula is C6H14ClN. The normalized spacial score (nSPS) is 13.9. The summed E-state index contributed by atoms with van der Waals surface area (Å²) >= 11 is 5.80. The van der Waals surface area contributed by atoms with E-state index in [9.17, 15) is 0 Å². The fraction of sp³-hybridized carbons (Fsp3) is 1.00. The standard InChI is InChI=1S/C6H14ClN/c1-2-3-6(7)4-5-8/h6H,2-5,8H2,1H3. The summed E-state index contributed by atoms with van der Waals surface area (Å²) in [7, 11) is 0. The van der Waals surface area contributed by atoms with Crippen molar-refractivity contribution < 1.29 is 0 Å². The van der Waals surface area contributed by atoms with Crippen molar-refractivity contribution in [3.05, 3.63) is 0 Å². The summed E-state index contributed by atoms with van der Waals surface area (Å²) in [5.41, 5.74) is 5.28. The van der Waals surface area contributed by atoms with Crippen molar-refractivity contribution in [3.63, 3.8) is 0 Å². The van der Waals surface area contributed by atoms with Gasteiger partial charge in [0.1, 0.15) is 0 Å². The third-order valence-corrected chi connectivity index (χ3v) is 1.52. The van der Waals surface area contributed by atoms with Crippen molar-refractivity contribution in [3.8, 4) is 0 Å². The fourth-order valence-corrected chi connectivity index (χ4v) is 0.983. The van der Waals surface area contributed by atoms with Gasteiger partial charge in [-0.3, -0.25) is 0 Å².